The van der Waals surface area contributed by atoms with Gasteiger partial charge in [0.05, 0.1) is 22.8 Å². The SMILES string of the molecule is COC(=O)C(C=Nc1ccc(F)cc1F)=C(O)c1cc(F)c(Cl)cc1Cl. The summed E-state index contributed by atoms with van der Waals surface area (Å²) in [6, 6.07) is 4.44. The Balaban J connectivity index is 2.56. The van der Waals surface area contributed by atoms with E-state index in [-0.39, 0.29) is 21.3 Å². The van der Waals surface area contributed by atoms with Gasteiger partial charge >= 0.3 is 5.97 Å². The molecule has 0 saturated heterocycles. The Bertz CT molecular complexity index is 930. The number of carbonyl (C=O) groups excluding carboxylic acids is 1. The fourth-order valence-corrected chi connectivity index (χ4v) is 2.36. The molecule has 0 heterocycles. The van der Waals surface area contributed by atoms with Crippen LogP contribution in [0, 0.1) is 17.5 Å². The van der Waals surface area contributed by atoms with E-state index >= 15 is 0 Å². The number of carbonyl (C=O) groups is 1. The largest absolute Gasteiger partial charge is 0.506 e. The highest BCUT2D eigenvalue weighted by molar-refractivity contribution is 6.36. The molecule has 0 aliphatic rings. The Morgan fingerprint density at radius 1 is 1.12 bits per heavy atom. The first kappa shape index (κ1) is 19.8. The van der Waals surface area contributed by atoms with Gasteiger partial charge in [-0.05, 0) is 24.3 Å². The summed E-state index contributed by atoms with van der Waals surface area (Å²) in [7, 11) is 1.03. The van der Waals surface area contributed by atoms with Gasteiger partial charge in [0.25, 0.3) is 0 Å². The molecule has 0 aliphatic heterocycles. The van der Waals surface area contributed by atoms with Crippen molar-refractivity contribution in [3.63, 3.8) is 0 Å². The number of ether oxygens (including phenoxy) is 1. The lowest BCUT2D eigenvalue weighted by Gasteiger charge is -2.08. The maximum atomic E-state index is 13.6. The fraction of sp³-hybridized carbons (Fsp3) is 0.0588. The van der Waals surface area contributed by atoms with E-state index in [1.807, 2.05) is 0 Å². The summed E-state index contributed by atoms with van der Waals surface area (Å²) in [5, 5.41) is 9.88. The minimum absolute atomic E-state index is 0.142. The first-order valence-corrected chi connectivity index (χ1v) is 7.65. The maximum Gasteiger partial charge on any atom is 0.343 e. The zero-order valence-electron chi connectivity index (χ0n) is 13.1. The summed E-state index contributed by atoms with van der Waals surface area (Å²) >= 11 is 11.5. The molecule has 2 aromatic rings. The van der Waals surface area contributed by atoms with Gasteiger partial charge in [-0.3, -0.25) is 4.99 Å². The van der Waals surface area contributed by atoms with Gasteiger partial charge in [0, 0.05) is 17.8 Å². The molecule has 0 atom stereocenters. The Morgan fingerprint density at radius 3 is 2.42 bits per heavy atom. The zero-order valence-corrected chi connectivity index (χ0v) is 14.6. The quantitative estimate of drug-likeness (QED) is 0.249. The molecule has 9 heteroatoms. The molecule has 0 amide bonds. The molecule has 4 nitrogen and oxygen atoms in total. The topological polar surface area (TPSA) is 58.9 Å². The lowest BCUT2D eigenvalue weighted by atomic mass is 10.1. The highest BCUT2D eigenvalue weighted by atomic mass is 35.5. The van der Waals surface area contributed by atoms with Crippen LogP contribution in [0.25, 0.3) is 5.76 Å². The van der Waals surface area contributed by atoms with Crippen LogP contribution in [0.2, 0.25) is 10.0 Å². The van der Waals surface area contributed by atoms with Gasteiger partial charge in [0.1, 0.15) is 23.0 Å². The fourth-order valence-electron chi connectivity index (χ4n) is 1.89. The molecule has 136 valence electrons. The van der Waals surface area contributed by atoms with Gasteiger partial charge in [-0.2, -0.15) is 0 Å². The van der Waals surface area contributed by atoms with E-state index in [1.54, 1.807) is 0 Å². The van der Waals surface area contributed by atoms with Crippen LogP contribution in [0.3, 0.4) is 0 Å². The van der Waals surface area contributed by atoms with Crippen LogP contribution in [0.15, 0.2) is 40.9 Å². The zero-order chi connectivity index (χ0) is 19.4. The lowest BCUT2D eigenvalue weighted by Crippen LogP contribution is -2.09. The number of benzene rings is 2. The third-order valence-corrected chi connectivity index (χ3v) is 3.77. The summed E-state index contributed by atoms with van der Waals surface area (Å²) in [5.74, 6) is -4.48. The smallest absolute Gasteiger partial charge is 0.343 e. The molecular formula is C17H10Cl2F3NO3. The molecule has 0 spiro atoms. The molecule has 0 aliphatic carbocycles. The van der Waals surface area contributed by atoms with Crippen molar-refractivity contribution in [2.75, 3.05) is 7.11 Å². The Labute approximate surface area is 156 Å². The van der Waals surface area contributed by atoms with Gasteiger partial charge in [-0.25, -0.2) is 18.0 Å². The van der Waals surface area contributed by atoms with E-state index in [0.29, 0.717) is 6.07 Å². The van der Waals surface area contributed by atoms with Gasteiger partial charge < -0.3 is 9.84 Å². The van der Waals surface area contributed by atoms with Crippen molar-refractivity contribution in [2.45, 2.75) is 0 Å². The minimum atomic E-state index is -1.04. The average Bonchev–Trinajstić information content (AvgIpc) is 2.59. The van der Waals surface area contributed by atoms with Crippen molar-refractivity contribution >= 4 is 46.8 Å². The second-order valence-electron chi connectivity index (χ2n) is 4.85. The summed E-state index contributed by atoms with van der Waals surface area (Å²) in [5.41, 5.74) is -1.08. The highest BCUT2D eigenvalue weighted by Crippen LogP contribution is 2.30. The van der Waals surface area contributed by atoms with Crippen LogP contribution in [0.1, 0.15) is 5.56 Å². The molecule has 2 rings (SSSR count). The summed E-state index contributed by atoms with van der Waals surface area (Å²) in [4.78, 5) is 15.6. The van der Waals surface area contributed by atoms with Crippen molar-refractivity contribution in [3.8, 4) is 0 Å². The number of esters is 1. The van der Waals surface area contributed by atoms with Crippen LogP contribution in [0.4, 0.5) is 18.9 Å². The number of methoxy groups -OCH3 is 1. The first-order valence-electron chi connectivity index (χ1n) is 6.90. The van der Waals surface area contributed by atoms with Crippen LogP contribution in [-0.2, 0) is 9.53 Å². The van der Waals surface area contributed by atoms with Gasteiger partial charge in [0.15, 0.2) is 5.82 Å². The molecule has 0 fully saturated rings. The number of rotatable bonds is 4. The molecule has 1 N–H and O–H groups in total. The molecule has 0 radical (unpaired) electrons. The first-order chi connectivity index (χ1) is 12.2. The monoisotopic (exact) mass is 403 g/mol. The number of aliphatic hydroxyl groups is 1. The van der Waals surface area contributed by atoms with Crippen LogP contribution >= 0.6 is 23.2 Å². The number of aliphatic hydroxyl groups excluding tert-OH is 1. The third-order valence-electron chi connectivity index (χ3n) is 3.17. The van der Waals surface area contributed by atoms with Crippen LogP contribution in [0.5, 0.6) is 0 Å². The van der Waals surface area contributed by atoms with Crippen LogP contribution < -0.4 is 0 Å². The molecule has 0 bridgehead atoms. The predicted molar refractivity (Wildman–Crippen MR) is 92.5 cm³/mol. The van der Waals surface area contributed by atoms with Crippen molar-refractivity contribution < 1.29 is 27.8 Å². The van der Waals surface area contributed by atoms with E-state index < -0.39 is 34.8 Å². The van der Waals surface area contributed by atoms with Crippen molar-refractivity contribution in [3.05, 3.63) is 69.0 Å². The predicted octanol–water partition coefficient (Wildman–Crippen LogP) is 5.26. The van der Waals surface area contributed by atoms with E-state index in [4.69, 9.17) is 23.2 Å². The summed E-state index contributed by atoms with van der Waals surface area (Å²) in [6.45, 7) is 0. The maximum absolute atomic E-state index is 13.6. The number of nitrogens with zero attached hydrogens (tertiary/aromatic N) is 1. The number of halogens is 5. The number of aliphatic imine (C=N–C) groups is 1. The number of hydrogen-bond acceptors (Lipinski definition) is 4. The van der Waals surface area contributed by atoms with Gasteiger partial charge in [0.2, 0.25) is 0 Å². The van der Waals surface area contributed by atoms with E-state index in [9.17, 15) is 23.1 Å². The minimum Gasteiger partial charge on any atom is -0.506 e. The molecule has 0 aromatic heterocycles. The highest BCUT2D eigenvalue weighted by Gasteiger charge is 2.19. The Kier molecular flexibility index (Phi) is 6.28. The Morgan fingerprint density at radius 2 is 1.81 bits per heavy atom. The summed E-state index contributed by atoms with van der Waals surface area (Å²) in [6.07, 6.45) is 0.792. The summed E-state index contributed by atoms with van der Waals surface area (Å²) < 4.78 is 44.7. The van der Waals surface area contributed by atoms with E-state index in [2.05, 4.69) is 9.73 Å². The second kappa shape index (κ2) is 8.25. The van der Waals surface area contributed by atoms with Crippen molar-refractivity contribution in [1.82, 2.24) is 0 Å². The third kappa shape index (κ3) is 4.36. The van der Waals surface area contributed by atoms with E-state index in [0.717, 1.165) is 37.6 Å². The Hall–Kier alpha value is -2.51. The number of hydrogen-bond donors (Lipinski definition) is 1. The molecular weight excluding hydrogens is 394 g/mol. The van der Waals surface area contributed by atoms with Crippen molar-refractivity contribution in [1.29, 1.82) is 0 Å². The molecule has 2 aromatic carbocycles. The lowest BCUT2D eigenvalue weighted by molar-refractivity contribution is -0.135. The van der Waals surface area contributed by atoms with Crippen molar-refractivity contribution in [2.24, 2.45) is 4.99 Å². The molecule has 0 saturated carbocycles. The standard InChI is InChI=1S/C17H10Cl2F3NO3/c1-26-17(25)10(7-23-15-3-2-8(20)4-14(15)22)16(24)9-5-13(21)12(19)6-11(9)18/h2-7,24H,1H3. The second-order valence-corrected chi connectivity index (χ2v) is 5.67. The molecule has 26 heavy (non-hydrogen) atoms. The van der Waals surface area contributed by atoms with Gasteiger partial charge in [-0.1, -0.05) is 23.2 Å². The van der Waals surface area contributed by atoms with E-state index in [1.165, 1.54) is 0 Å². The van der Waals surface area contributed by atoms with Gasteiger partial charge in [-0.15, -0.1) is 0 Å². The normalized spacial score (nSPS) is 12.2. The average molecular weight is 404 g/mol. The molecule has 0 unspecified atom stereocenters. The van der Waals surface area contributed by atoms with Crippen LogP contribution in [-0.4, -0.2) is 24.4 Å².